The molecule has 5 nitrogen and oxygen atoms in total. The van der Waals surface area contributed by atoms with Crippen molar-refractivity contribution in [1.82, 2.24) is 15.3 Å². The predicted molar refractivity (Wildman–Crippen MR) is 72.7 cm³/mol. The molecule has 1 amide bonds. The average molecular weight is 250 g/mol. The maximum atomic E-state index is 11.7. The Hall–Kier alpha value is -1.65. The first kappa shape index (κ1) is 14.4. The normalized spacial score (nSPS) is 10.1. The summed E-state index contributed by atoms with van der Waals surface area (Å²) in [5.74, 6) is 0.381. The van der Waals surface area contributed by atoms with Crippen LogP contribution in [0, 0.1) is 0 Å². The molecular formula is C13H22N4O. The van der Waals surface area contributed by atoms with Crippen LogP contribution in [0.1, 0.15) is 50.0 Å². The van der Waals surface area contributed by atoms with Crippen molar-refractivity contribution >= 4 is 11.9 Å². The van der Waals surface area contributed by atoms with Gasteiger partial charge in [-0.3, -0.25) is 4.79 Å². The molecule has 5 heteroatoms. The zero-order chi connectivity index (χ0) is 13.2. The van der Waals surface area contributed by atoms with Crippen LogP contribution >= 0.6 is 0 Å². The van der Waals surface area contributed by atoms with E-state index in [9.17, 15) is 4.79 Å². The fourth-order valence-electron chi connectivity index (χ4n) is 1.47. The minimum atomic E-state index is -0.143. The van der Waals surface area contributed by atoms with E-state index < -0.39 is 0 Å². The second-order valence-electron chi connectivity index (χ2n) is 4.16. The summed E-state index contributed by atoms with van der Waals surface area (Å²) in [6.07, 6.45) is 5.98. The van der Waals surface area contributed by atoms with Crippen LogP contribution in [0.4, 0.5) is 5.95 Å². The highest BCUT2D eigenvalue weighted by atomic mass is 16.1. The molecule has 0 radical (unpaired) electrons. The number of aromatic nitrogens is 2. The Labute approximate surface area is 108 Å². The van der Waals surface area contributed by atoms with Gasteiger partial charge in [-0.05, 0) is 18.9 Å². The summed E-state index contributed by atoms with van der Waals surface area (Å²) in [5.41, 5.74) is 0.413. The van der Waals surface area contributed by atoms with Crippen molar-refractivity contribution < 1.29 is 4.79 Å². The van der Waals surface area contributed by atoms with E-state index in [1.54, 1.807) is 12.3 Å². The molecule has 0 aliphatic rings. The Bertz CT molecular complexity index is 368. The van der Waals surface area contributed by atoms with E-state index in [4.69, 9.17) is 0 Å². The van der Waals surface area contributed by atoms with E-state index in [1.165, 1.54) is 12.8 Å². The molecule has 1 aromatic rings. The number of unbranched alkanes of at least 4 members (excludes halogenated alkanes) is 2. The summed E-state index contributed by atoms with van der Waals surface area (Å²) < 4.78 is 0. The number of hydrogen-bond donors (Lipinski definition) is 2. The fourth-order valence-corrected chi connectivity index (χ4v) is 1.47. The van der Waals surface area contributed by atoms with Crippen LogP contribution < -0.4 is 10.6 Å². The van der Waals surface area contributed by atoms with Gasteiger partial charge in [0.05, 0.1) is 0 Å². The van der Waals surface area contributed by atoms with E-state index in [0.717, 1.165) is 19.4 Å². The number of rotatable bonds is 8. The second-order valence-corrected chi connectivity index (χ2v) is 4.16. The Kier molecular flexibility index (Phi) is 6.76. The highest BCUT2D eigenvalue weighted by Crippen LogP contribution is 2.02. The van der Waals surface area contributed by atoms with E-state index in [-0.39, 0.29) is 5.91 Å². The van der Waals surface area contributed by atoms with E-state index in [0.29, 0.717) is 18.2 Å². The Morgan fingerprint density at radius 3 is 2.78 bits per heavy atom. The summed E-state index contributed by atoms with van der Waals surface area (Å²) in [6, 6.07) is 1.63. The van der Waals surface area contributed by atoms with Gasteiger partial charge < -0.3 is 10.6 Å². The van der Waals surface area contributed by atoms with Gasteiger partial charge in [-0.1, -0.05) is 26.7 Å². The second kappa shape index (κ2) is 8.44. The number of carbonyl (C=O) groups is 1. The molecular weight excluding hydrogens is 228 g/mol. The monoisotopic (exact) mass is 250 g/mol. The number of anilines is 1. The van der Waals surface area contributed by atoms with Crippen molar-refractivity contribution in [2.45, 2.75) is 39.5 Å². The maximum absolute atomic E-state index is 11.7. The van der Waals surface area contributed by atoms with E-state index >= 15 is 0 Å². The van der Waals surface area contributed by atoms with Crippen LogP contribution in [-0.4, -0.2) is 29.0 Å². The lowest BCUT2D eigenvalue weighted by atomic mass is 10.2. The third-order valence-electron chi connectivity index (χ3n) is 2.49. The van der Waals surface area contributed by atoms with Crippen molar-refractivity contribution in [3.8, 4) is 0 Å². The topological polar surface area (TPSA) is 66.9 Å². The van der Waals surface area contributed by atoms with Crippen LogP contribution in [0.3, 0.4) is 0 Å². The summed E-state index contributed by atoms with van der Waals surface area (Å²) in [7, 11) is 0. The number of nitrogens with one attached hydrogen (secondary N) is 2. The van der Waals surface area contributed by atoms with Crippen LogP contribution in [0.25, 0.3) is 0 Å². The van der Waals surface area contributed by atoms with Gasteiger partial charge in [0.15, 0.2) is 0 Å². The quantitative estimate of drug-likeness (QED) is 0.694. The predicted octanol–water partition coefficient (Wildman–Crippen LogP) is 2.22. The molecule has 0 aliphatic heterocycles. The zero-order valence-corrected chi connectivity index (χ0v) is 11.2. The third-order valence-corrected chi connectivity index (χ3v) is 2.49. The summed E-state index contributed by atoms with van der Waals surface area (Å²) in [4.78, 5) is 20.0. The number of nitrogens with zero attached hydrogens (tertiary/aromatic N) is 2. The molecule has 0 aromatic carbocycles. The molecule has 1 heterocycles. The largest absolute Gasteiger partial charge is 0.354 e. The van der Waals surface area contributed by atoms with Crippen molar-refractivity contribution in [3.05, 3.63) is 18.0 Å². The number of carbonyl (C=O) groups excluding carboxylic acids is 1. The highest BCUT2D eigenvalue weighted by Gasteiger charge is 2.07. The minimum Gasteiger partial charge on any atom is -0.354 e. The summed E-state index contributed by atoms with van der Waals surface area (Å²) in [6.45, 7) is 5.69. The van der Waals surface area contributed by atoms with E-state index in [2.05, 4.69) is 27.5 Å². The fraction of sp³-hybridized carbons (Fsp3) is 0.615. The van der Waals surface area contributed by atoms with Crippen molar-refractivity contribution in [2.24, 2.45) is 0 Å². The molecule has 0 atom stereocenters. The molecule has 0 aliphatic carbocycles. The Morgan fingerprint density at radius 2 is 2.06 bits per heavy atom. The molecule has 2 N–H and O–H groups in total. The lowest BCUT2D eigenvalue weighted by Gasteiger charge is -2.06. The molecule has 18 heavy (non-hydrogen) atoms. The standard InChI is InChI=1S/C13H22N4O/c1-3-5-6-9-15-13-16-10-7-11(17-13)12(18)14-8-4-2/h7,10H,3-6,8-9H2,1-2H3,(H,14,18)(H,15,16,17). The van der Waals surface area contributed by atoms with Gasteiger partial charge in [-0.25, -0.2) is 9.97 Å². The van der Waals surface area contributed by atoms with Gasteiger partial charge in [-0.2, -0.15) is 0 Å². The molecule has 1 aromatic heterocycles. The first-order valence-corrected chi connectivity index (χ1v) is 6.63. The summed E-state index contributed by atoms with van der Waals surface area (Å²) >= 11 is 0. The Morgan fingerprint density at radius 1 is 1.22 bits per heavy atom. The number of amides is 1. The van der Waals surface area contributed by atoms with Gasteiger partial charge in [0.2, 0.25) is 5.95 Å². The SMILES string of the molecule is CCCCCNc1nccc(C(=O)NCCC)n1. The van der Waals surface area contributed by atoms with E-state index in [1.807, 2.05) is 6.92 Å². The van der Waals surface area contributed by atoms with Gasteiger partial charge in [0, 0.05) is 19.3 Å². The third kappa shape index (κ3) is 5.12. The molecule has 0 saturated heterocycles. The molecule has 100 valence electrons. The van der Waals surface area contributed by atoms with Crippen molar-refractivity contribution in [3.63, 3.8) is 0 Å². The molecule has 0 fully saturated rings. The first-order valence-electron chi connectivity index (χ1n) is 6.63. The molecule has 0 unspecified atom stereocenters. The van der Waals surface area contributed by atoms with Crippen LogP contribution in [-0.2, 0) is 0 Å². The molecule has 0 saturated carbocycles. The zero-order valence-electron chi connectivity index (χ0n) is 11.2. The van der Waals surface area contributed by atoms with Crippen LogP contribution in [0.2, 0.25) is 0 Å². The average Bonchev–Trinajstić information content (AvgIpc) is 2.41. The lowest BCUT2D eigenvalue weighted by molar-refractivity contribution is 0.0948. The number of hydrogen-bond acceptors (Lipinski definition) is 4. The molecule has 0 spiro atoms. The van der Waals surface area contributed by atoms with Crippen molar-refractivity contribution in [2.75, 3.05) is 18.4 Å². The van der Waals surface area contributed by atoms with Gasteiger partial charge >= 0.3 is 0 Å². The highest BCUT2D eigenvalue weighted by molar-refractivity contribution is 5.92. The maximum Gasteiger partial charge on any atom is 0.270 e. The van der Waals surface area contributed by atoms with Crippen LogP contribution in [0.15, 0.2) is 12.3 Å². The molecule has 0 bridgehead atoms. The first-order chi connectivity index (χ1) is 8.77. The van der Waals surface area contributed by atoms with Gasteiger partial charge in [0.1, 0.15) is 5.69 Å². The summed E-state index contributed by atoms with van der Waals surface area (Å²) in [5, 5.41) is 5.92. The van der Waals surface area contributed by atoms with Crippen LogP contribution in [0.5, 0.6) is 0 Å². The van der Waals surface area contributed by atoms with Gasteiger partial charge in [-0.15, -0.1) is 0 Å². The molecule has 1 rings (SSSR count). The lowest BCUT2D eigenvalue weighted by Crippen LogP contribution is -2.25. The van der Waals surface area contributed by atoms with Crippen molar-refractivity contribution in [1.29, 1.82) is 0 Å². The Balaban J connectivity index is 2.48. The smallest absolute Gasteiger partial charge is 0.270 e. The minimum absolute atomic E-state index is 0.143. The van der Waals surface area contributed by atoms with Gasteiger partial charge in [0.25, 0.3) is 5.91 Å².